The summed E-state index contributed by atoms with van der Waals surface area (Å²) in [5.74, 6) is 0. The molecule has 11 heavy (non-hydrogen) atoms. The highest BCUT2D eigenvalue weighted by atomic mass is 35.5. The molecule has 0 aliphatic heterocycles. The highest BCUT2D eigenvalue weighted by Gasteiger charge is 2.06. The van der Waals surface area contributed by atoms with Gasteiger partial charge in [0.2, 0.25) is 0 Å². The van der Waals surface area contributed by atoms with Gasteiger partial charge in [-0.2, -0.15) is 0 Å². The van der Waals surface area contributed by atoms with E-state index in [9.17, 15) is 4.57 Å². The van der Waals surface area contributed by atoms with Crippen molar-refractivity contribution >= 4 is 31.8 Å². The van der Waals surface area contributed by atoms with Crippen molar-refractivity contribution in [2.24, 2.45) is 0 Å². The zero-order valence-corrected chi connectivity index (χ0v) is 8.73. The van der Waals surface area contributed by atoms with Gasteiger partial charge in [-0.1, -0.05) is 0 Å². The van der Waals surface area contributed by atoms with E-state index in [-0.39, 0.29) is 0 Å². The molecule has 1 N–H and O–H groups in total. The number of halogens is 2. The van der Waals surface area contributed by atoms with Crippen molar-refractivity contribution < 1.29 is 14.0 Å². The molecular formula is C4H11Cl2NO3P+. The van der Waals surface area contributed by atoms with E-state index in [1.807, 2.05) is 6.92 Å². The van der Waals surface area contributed by atoms with Crippen LogP contribution in [0.1, 0.15) is 13.8 Å². The highest BCUT2D eigenvalue weighted by molar-refractivity contribution is 7.32. The predicted molar refractivity (Wildman–Crippen MR) is 45.5 cm³/mol. The molecule has 0 heterocycles. The van der Waals surface area contributed by atoms with E-state index in [1.165, 1.54) is 0 Å². The van der Waals surface area contributed by atoms with Gasteiger partial charge in [0.1, 0.15) is 6.61 Å². The largest absolute Gasteiger partial charge is 0.694 e. The molecule has 0 aliphatic rings. The Balaban J connectivity index is 0. The minimum absolute atomic E-state index is 0.297. The molecule has 0 aliphatic carbocycles. The molecule has 0 saturated carbocycles. The zero-order valence-electron chi connectivity index (χ0n) is 6.33. The number of rotatable bonds is 3. The van der Waals surface area contributed by atoms with E-state index in [0.717, 1.165) is 3.94 Å². The molecule has 0 aromatic carbocycles. The summed E-state index contributed by atoms with van der Waals surface area (Å²) in [6, 6.07) is 0. The average molecular weight is 223 g/mol. The van der Waals surface area contributed by atoms with Crippen molar-refractivity contribution in [2.75, 3.05) is 13.2 Å². The predicted octanol–water partition coefficient (Wildman–Crippen LogP) is 2.29. The molecule has 1 atom stereocenters. The van der Waals surface area contributed by atoms with Crippen LogP contribution in [0.5, 0.6) is 0 Å². The van der Waals surface area contributed by atoms with Gasteiger partial charge in [-0.05, 0) is 37.4 Å². The van der Waals surface area contributed by atoms with Crippen LogP contribution in [0, 0.1) is 0 Å². The molecule has 0 aromatic heterocycles. The molecule has 1 unspecified atom stereocenters. The second-order valence-corrected chi connectivity index (χ2v) is 3.00. The SMILES string of the molecule is CCN(Cl)Cl.CCO[P+](=O)O. The lowest BCUT2D eigenvalue weighted by Crippen LogP contribution is -1.91. The van der Waals surface area contributed by atoms with Crippen molar-refractivity contribution in [1.82, 2.24) is 3.94 Å². The Labute approximate surface area is 77.2 Å². The maximum absolute atomic E-state index is 9.53. The maximum atomic E-state index is 9.53. The van der Waals surface area contributed by atoms with Crippen molar-refractivity contribution in [3.63, 3.8) is 0 Å². The monoisotopic (exact) mass is 222 g/mol. The van der Waals surface area contributed by atoms with E-state index >= 15 is 0 Å². The summed E-state index contributed by atoms with van der Waals surface area (Å²) in [6.45, 7) is 4.48. The van der Waals surface area contributed by atoms with Crippen molar-refractivity contribution in [2.45, 2.75) is 13.8 Å². The Hall–Kier alpha value is 0.560. The quantitative estimate of drug-likeness (QED) is 0.589. The normalized spacial score (nSPS) is 10.5. The minimum atomic E-state index is -2.35. The fraction of sp³-hybridized carbons (Fsp3) is 1.00. The van der Waals surface area contributed by atoms with Gasteiger partial charge in [0.05, 0.1) is 0 Å². The van der Waals surface area contributed by atoms with Crippen LogP contribution >= 0.6 is 31.8 Å². The standard InChI is InChI=1S/C2H5Cl2N.C2H5O3P/c1-2-5(3)4;1-2-5-6(3)4/h2H2,1H3;2H2,1H3/p+1. The summed E-state index contributed by atoms with van der Waals surface area (Å²) in [5.41, 5.74) is 0. The van der Waals surface area contributed by atoms with E-state index in [4.69, 9.17) is 28.4 Å². The molecule has 0 amide bonds. The summed E-state index contributed by atoms with van der Waals surface area (Å²) < 4.78 is 14.7. The van der Waals surface area contributed by atoms with Crippen LogP contribution in [0.15, 0.2) is 0 Å². The third kappa shape index (κ3) is 25.0. The molecule has 7 heteroatoms. The summed E-state index contributed by atoms with van der Waals surface area (Å²) in [6.07, 6.45) is 0. The van der Waals surface area contributed by atoms with Crippen LogP contribution in [0.25, 0.3) is 0 Å². The van der Waals surface area contributed by atoms with E-state index in [1.54, 1.807) is 6.92 Å². The Bertz CT molecular complexity index is 103. The zero-order chi connectivity index (χ0) is 9.28. The maximum Gasteiger partial charge on any atom is 0.694 e. The van der Waals surface area contributed by atoms with Crippen LogP contribution < -0.4 is 0 Å². The highest BCUT2D eigenvalue weighted by Crippen LogP contribution is 2.12. The fourth-order valence-electron chi connectivity index (χ4n) is 0.110. The fourth-order valence-corrected chi connectivity index (χ4v) is 0.331. The second-order valence-electron chi connectivity index (χ2n) is 1.27. The lowest BCUT2D eigenvalue weighted by Gasteiger charge is -1.90. The third-order valence-electron chi connectivity index (χ3n) is 0.479. The molecule has 0 radical (unpaired) electrons. The van der Waals surface area contributed by atoms with Gasteiger partial charge in [0.25, 0.3) is 0 Å². The van der Waals surface area contributed by atoms with Gasteiger partial charge in [-0.25, -0.2) is 0 Å². The number of hydrogen-bond donors (Lipinski definition) is 1. The lowest BCUT2D eigenvalue weighted by atomic mass is 10.8. The molecule has 0 saturated heterocycles. The first-order chi connectivity index (χ1) is 5.04. The molecule has 4 nitrogen and oxygen atoms in total. The van der Waals surface area contributed by atoms with Crippen LogP contribution in [0.2, 0.25) is 0 Å². The smallest absolute Gasteiger partial charge is 0.133 e. The van der Waals surface area contributed by atoms with Crippen LogP contribution in [0.4, 0.5) is 0 Å². The van der Waals surface area contributed by atoms with Crippen LogP contribution in [-0.4, -0.2) is 22.0 Å². The first-order valence-corrected chi connectivity index (χ1v) is 4.73. The summed E-state index contributed by atoms with van der Waals surface area (Å²) in [7, 11) is -2.35. The summed E-state index contributed by atoms with van der Waals surface area (Å²) in [4.78, 5) is 7.84. The van der Waals surface area contributed by atoms with Gasteiger partial charge in [-0.15, -0.1) is 13.4 Å². The number of nitrogens with zero attached hydrogens (tertiary/aromatic N) is 1. The van der Waals surface area contributed by atoms with Crippen molar-refractivity contribution in [1.29, 1.82) is 0 Å². The first kappa shape index (κ1) is 14.1. The third-order valence-corrected chi connectivity index (χ3v) is 1.44. The Morgan fingerprint density at radius 2 is 1.91 bits per heavy atom. The van der Waals surface area contributed by atoms with E-state index in [2.05, 4.69) is 4.52 Å². The minimum Gasteiger partial charge on any atom is -0.133 e. The second kappa shape index (κ2) is 10.6. The topological polar surface area (TPSA) is 49.8 Å². The van der Waals surface area contributed by atoms with Gasteiger partial charge in [-0.3, -0.25) is 0 Å². The van der Waals surface area contributed by atoms with Crippen LogP contribution in [-0.2, 0) is 9.09 Å². The first-order valence-electron chi connectivity index (χ1n) is 2.92. The lowest BCUT2D eigenvalue weighted by molar-refractivity contribution is 0.297. The Morgan fingerprint density at radius 1 is 1.55 bits per heavy atom. The van der Waals surface area contributed by atoms with Crippen molar-refractivity contribution in [3.8, 4) is 0 Å². The van der Waals surface area contributed by atoms with E-state index < -0.39 is 8.25 Å². The summed E-state index contributed by atoms with van der Waals surface area (Å²) in [5, 5.41) is 0. The molecule has 0 fully saturated rings. The summed E-state index contributed by atoms with van der Waals surface area (Å²) >= 11 is 10.1. The number of hydrogen-bond acceptors (Lipinski definition) is 3. The molecule has 0 bridgehead atoms. The Kier molecular flexibility index (Phi) is 13.5. The molecular weight excluding hydrogens is 212 g/mol. The van der Waals surface area contributed by atoms with Gasteiger partial charge < -0.3 is 0 Å². The molecule has 68 valence electrons. The molecule has 0 spiro atoms. The average Bonchev–Trinajstić information content (AvgIpc) is 1.89. The van der Waals surface area contributed by atoms with Gasteiger partial charge >= 0.3 is 8.25 Å². The van der Waals surface area contributed by atoms with Gasteiger partial charge in [0, 0.05) is 11.1 Å². The van der Waals surface area contributed by atoms with E-state index in [0.29, 0.717) is 13.2 Å². The van der Waals surface area contributed by atoms with Crippen LogP contribution in [0.3, 0.4) is 0 Å². The Morgan fingerprint density at radius 3 is 1.91 bits per heavy atom. The van der Waals surface area contributed by atoms with Crippen molar-refractivity contribution in [3.05, 3.63) is 0 Å². The molecule has 0 aromatic rings. The molecule has 0 rings (SSSR count). The van der Waals surface area contributed by atoms with Gasteiger partial charge in [0.15, 0.2) is 0 Å².